The van der Waals surface area contributed by atoms with E-state index in [4.69, 9.17) is 9.47 Å². The van der Waals surface area contributed by atoms with Crippen molar-refractivity contribution < 1.29 is 23.9 Å². The minimum atomic E-state index is -0.955. The first kappa shape index (κ1) is 19.5. The van der Waals surface area contributed by atoms with Crippen molar-refractivity contribution in [2.75, 3.05) is 19.9 Å². The second-order valence-electron chi connectivity index (χ2n) is 6.87. The Bertz CT molecular complexity index is 949. The molecule has 2 aromatic rings. The van der Waals surface area contributed by atoms with E-state index in [9.17, 15) is 14.4 Å². The number of carbonyl (C=O) groups excluding carboxylic acids is 3. The van der Waals surface area contributed by atoms with Crippen LogP contribution in [0.5, 0.6) is 5.75 Å². The van der Waals surface area contributed by atoms with Crippen molar-refractivity contribution in [1.82, 2.24) is 9.80 Å². The van der Waals surface area contributed by atoms with Gasteiger partial charge in [-0.05, 0) is 30.2 Å². The summed E-state index contributed by atoms with van der Waals surface area (Å²) in [5.74, 6) is 0.438. The fourth-order valence-corrected chi connectivity index (χ4v) is 3.99. The van der Waals surface area contributed by atoms with Gasteiger partial charge in [-0.1, -0.05) is 36.4 Å². The second-order valence-corrected chi connectivity index (χ2v) is 7.82. The smallest absolute Gasteiger partial charge is 0.292 e. The van der Waals surface area contributed by atoms with Gasteiger partial charge in [-0.3, -0.25) is 19.3 Å². The third-order valence-electron chi connectivity index (χ3n) is 4.77. The molecule has 150 valence electrons. The van der Waals surface area contributed by atoms with E-state index in [0.717, 1.165) is 11.1 Å². The summed E-state index contributed by atoms with van der Waals surface area (Å²) in [5, 5.41) is -0.668. The molecule has 1 unspecified atom stereocenters. The summed E-state index contributed by atoms with van der Waals surface area (Å²) >= 11 is 0.652. The van der Waals surface area contributed by atoms with E-state index in [0.29, 0.717) is 29.6 Å². The van der Waals surface area contributed by atoms with Crippen LogP contribution >= 0.6 is 11.8 Å². The lowest BCUT2D eigenvalue weighted by Gasteiger charge is -2.29. The highest BCUT2D eigenvalue weighted by molar-refractivity contribution is 8.26. The van der Waals surface area contributed by atoms with Crippen LogP contribution < -0.4 is 4.74 Å². The number of carbonyl (C=O) groups is 3. The molecule has 2 aliphatic heterocycles. The number of thioether (sulfide) groups is 1. The molecular weight excluding hydrogens is 392 g/mol. The van der Waals surface area contributed by atoms with Crippen LogP contribution in [-0.2, 0) is 16.1 Å². The number of nitrogens with zero attached hydrogens (tertiary/aromatic N) is 2. The van der Waals surface area contributed by atoms with Crippen LogP contribution in [0.15, 0.2) is 48.5 Å². The molecule has 1 saturated heterocycles. The van der Waals surface area contributed by atoms with Crippen molar-refractivity contribution >= 4 is 28.0 Å². The van der Waals surface area contributed by atoms with Gasteiger partial charge in [0.25, 0.3) is 11.1 Å². The molecule has 0 saturated carbocycles. The molecule has 0 aliphatic carbocycles. The van der Waals surface area contributed by atoms with Gasteiger partial charge in [0.1, 0.15) is 5.75 Å². The molecule has 0 spiro atoms. The molecule has 0 N–H and O–H groups in total. The molecule has 4 rings (SSSR count). The maximum atomic E-state index is 12.6. The van der Waals surface area contributed by atoms with Crippen LogP contribution in [0.25, 0.3) is 0 Å². The van der Waals surface area contributed by atoms with Crippen molar-refractivity contribution in [2.45, 2.75) is 19.7 Å². The van der Waals surface area contributed by atoms with Gasteiger partial charge in [-0.2, -0.15) is 0 Å². The molecular formula is C21H20N2O5S. The lowest BCUT2D eigenvalue weighted by atomic mass is 10.1. The first-order valence-electron chi connectivity index (χ1n) is 9.23. The summed E-state index contributed by atoms with van der Waals surface area (Å²) in [5.41, 5.74) is 2.44. The Hall–Kier alpha value is -2.84. The Morgan fingerprint density at radius 1 is 1.14 bits per heavy atom. The van der Waals surface area contributed by atoms with E-state index in [1.807, 2.05) is 49.4 Å². The predicted molar refractivity (Wildman–Crippen MR) is 107 cm³/mol. The zero-order chi connectivity index (χ0) is 20.4. The summed E-state index contributed by atoms with van der Waals surface area (Å²) in [7, 11) is 0. The maximum absolute atomic E-state index is 12.6. The van der Waals surface area contributed by atoms with Crippen LogP contribution in [0.4, 0.5) is 4.79 Å². The lowest BCUT2D eigenvalue weighted by molar-refractivity contribution is -0.130. The first-order chi connectivity index (χ1) is 14.0. The second kappa shape index (κ2) is 8.26. The molecule has 2 aliphatic rings. The topological polar surface area (TPSA) is 76.2 Å². The number of hydrogen-bond acceptors (Lipinski definition) is 6. The number of hydrogen-bond donors (Lipinski definition) is 0. The molecule has 29 heavy (non-hydrogen) atoms. The number of amides is 2. The third kappa shape index (κ3) is 4.13. The highest BCUT2D eigenvalue weighted by Gasteiger charge is 2.40. The summed E-state index contributed by atoms with van der Waals surface area (Å²) in [6.45, 7) is 2.73. The monoisotopic (exact) mass is 412 g/mol. The standard InChI is InChI=1S/C21H20N2O5S/c1-14-7-8-16-17(11-14)28-13-22(18(16)24)9-10-27-19-20(25)29-21(26)23(19)12-15-5-3-2-4-6-15/h2-8,11,19H,9-10,12-13H2,1H3. The third-order valence-corrected chi connectivity index (χ3v) is 5.58. The highest BCUT2D eigenvalue weighted by atomic mass is 32.2. The first-order valence-corrected chi connectivity index (χ1v) is 10.0. The largest absolute Gasteiger partial charge is 0.472 e. The minimum Gasteiger partial charge on any atom is -0.472 e. The molecule has 8 heteroatoms. The number of ether oxygens (including phenoxy) is 2. The number of fused-ring (bicyclic) bond motifs is 1. The summed E-state index contributed by atoms with van der Waals surface area (Å²) in [4.78, 5) is 39.9. The summed E-state index contributed by atoms with van der Waals surface area (Å²) in [6, 6.07) is 14.9. The Kier molecular flexibility index (Phi) is 5.55. The van der Waals surface area contributed by atoms with Crippen LogP contribution in [0.1, 0.15) is 21.5 Å². The summed E-state index contributed by atoms with van der Waals surface area (Å²) < 4.78 is 11.4. The van der Waals surface area contributed by atoms with Crippen molar-refractivity contribution in [3.05, 3.63) is 65.2 Å². The quantitative estimate of drug-likeness (QED) is 0.726. The molecule has 0 bridgehead atoms. The summed E-state index contributed by atoms with van der Waals surface area (Å²) in [6.07, 6.45) is -0.955. The number of aryl methyl sites for hydroxylation is 1. The van der Waals surface area contributed by atoms with E-state index < -0.39 is 6.23 Å². The van der Waals surface area contributed by atoms with Crippen molar-refractivity contribution in [3.8, 4) is 5.75 Å². The molecule has 1 atom stereocenters. The van der Waals surface area contributed by atoms with E-state index in [1.165, 1.54) is 9.80 Å². The molecule has 1 fully saturated rings. The van der Waals surface area contributed by atoms with Gasteiger partial charge in [0.05, 0.1) is 12.2 Å². The minimum absolute atomic E-state index is 0.117. The van der Waals surface area contributed by atoms with Gasteiger partial charge in [0.2, 0.25) is 11.3 Å². The molecule has 2 amide bonds. The van der Waals surface area contributed by atoms with Crippen LogP contribution in [0.2, 0.25) is 0 Å². The highest BCUT2D eigenvalue weighted by Crippen LogP contribution is 2.29. The molecule has 2 aromatic carbocycles. The van der Waals surface area contributed by atoms with Gasteiger partial charge in [0.15, 0.2) is 6.73 Å². The molecule has 0 aromatic heterocycles. The van der Waals surface area contributed by atoms with Gasteiger partial charge >= 0.3 is 0 Å². The fourth-order valence-electron chi connectivity index (χ4n) is 3.25. The van der Waals surface area contributed by atoms with E-state index in [1.54, 1.807) is 6.07 Å². The maximum Gasteiger partial charge on any atom is 0.292 e. The average molecular weight is 412 g/mol. The molecule has 7 nitrogen and oxygen atoms in total. The van der Waals surface area contributed by atoms with E-state index >= 15 is 0 Å². The number of benzene rings is 2. The van der Waals surface area contributed by atoms with Crippen molar-refractivity contribution in [1.29, 1.82) is 0 Å². The molecule has 2 heterocycles. The van der Waals surface area contributed by atoms with Gasteiger partial charge < -0.3 is 14.4 Å². The Morgan fingerprint density at radius 2 is 1.93 bits per heavy atom. The van der Waals surface area contributed by atoms with Gasteiger partial charge in [-0.25, -0.2) is 0 Å². The normalized spacial score (nSPS) is 18.8. The zero-order valence-corrected chi connectivity index (χ0v) is 16.7. The van der Waals surface area contributed by atoms with Crippen LogP contribution in [0.3, 0.4) is 0 Å². The lowest BCUT2D eigenvalue weighted by Crippen LogP contribution is -2.43. The van der Waals surface area contributed by atoms with Crippen molar-refractivity contribution in [3.63, 3.8) is 0 Å². The zero-order valence-electron chi connectivity index (χ0n) is 15.9. The average Bonchev–Trinajstić information content (AvgIpc) is 2.97. The Labute approximate surface area is 172 Å². The Morgan fingerprint density at radius 3 is 2.72 bits per heavy atom. The van der Waals surface area contributed by atoms with Crippen molar-refractivity contribution in [2.24, 2.45) is 0 Å². The van der Waals surface area contributed by atoms with Crippen LogP contribution in [-0.4, -0.2) is 52.2 Å². The SMILES string of the molecule is Cc1ccc2c(c1)OCN(CCOC1C(=O)SC(=O)N1Cc1ccccc1)C2=O. The van der Waals surface area contributed by atoms with E-state index in [2.05, 4.69) is 0 Å². The van der Waals surface area contributed by atoms with Gasteiger partial charge in [-0.15, -0.1) is 0 Å². The molecule has 0 radical (unpaired) electrons. The van der Waals surface area contributed by atoms with Crippen LogP contribution in [0, 0.1) is 6.92 Å². The predicted octanol–water partition coefficient (Wildman–Crippen LogP) is 3.03. The van der Waals surface area contributed by atoms with Gasteiger partial charge in [0, 0.05) is 24.9 Å². The Balaban J connectivity index is 1.36. The fraction of sp³-hybridized carbons (Fsp3) is 0.286. The number of rotatable bonds is 6. The van der Waals surface area contributed by atoms with E-state index in [-0.39, 0.29) is 36.1 Å².